The maximum atomic E-state index is 6.28. The van der Waals surface area contributed by atoms with Gasteiger partial charge in [0.25, 0.3) is 0 Å². The van der Waals surface area contributed by atoms with E-state index in [4.69, 9.17) is 4.42 Å². The van der Waals surface area contributed by atoms with E-state index in [-0.39, 0.29) is 0 Å². The van der Waals surface area contributed by atoms with Crippen molar-refractivity contribution in [3.63, 3.8) is 0 Å². The predicted octanol–water partition coefficient (Wildman–Crippen LogP) is 12.3. The van der Waals surface area contributed by atoms with Gasteiger partial charge in [0.1, 0.15) is 11.3 Å². The summed E-state index contributed by atoms with van der Waals surface area (Å²) in [6.45, 7) is 0. The molecule has 0 radical (unpaired) electrons. The van der Waals surface area contributed by atoms with Gasteiger partial charge in [-0.25, -0.2) is 0 Å². The second-order valence-corrected chi connectivity index (χ2v) is 14.2. The van der Waals surface area contributed by atoms with Crippen LogP contribution >= 0.6 is 0 Å². The van der Waals surface area contributed by atoms with E-state index in [0.29, 0.717) is 5.92 Å². The smallest absolute Gasteiger partial charge is 0.134 e. The van der Waals surface area contributed by atoms with Gasteiger partial charge in [0.2, 0.25) is 0 Å². The molecule has 5 aromatic carbocycles. The Balaban J connectivity index is 1.10. The summed E-state index contributed by atoms with van der Waals surface area (Å²) < 4.78 is 8.80. The molecule has 0 spiro atoms. The highest BCUT2D eigenvalue weighted by molar-refractivity contribution is 6.12. The lowest BCUT2D eigenvalue weighted by Crippen LogP contribution is -2.12. The molecular weight excluding hydrogens is 583 g/mol. The van der Waals surface area contributed by atoms with Crippen molar-refractivity contribution in [1.29, 1.82) is 0 Å². The highest BCUT2D eigenvalue weighted by Gasteiger charge is 2.28. The van der Waals surface area contributed by atoms with Gasteiger partial charge in [0.15, 0.2) is 0 Å². The Labute approximate surface area is 282 Å². The highest BCUT2D eigenvalue weighted by atomic mass is 16.3. The van der Waals surface area contributed by atoms with Gasteiger partial charge < -0.3 is 8.98 Å². The van der Waals surface area contributed by atoms with Crippen molar-refractivity contribution in [3.8, 4) is 11.1 Å². The summed E-state index contributed by atoms with van der Waals surface area (Å²) in [5, 5.41) is 3.83. The van der Waals surface area contributed by atoms with Gasteiger partial charge in [0, 0.05) is 33.8 Å². The molecule has 234 valence electrons. The maximum Gasteiger partial charge on any atom is 0.134 e. The van der Waals surface area contributed by atoms with Crippen LogP contribution in [0.3, 0.4) is 0 Å². The molecule has 2 heterocycles. The number of hydrogen-bond donors (Lipinski definition) is 0. The fraction of sp³-hybridized carbons (Fsp3) is 0.217. The molecule has 0 N–H and O–H groups in total. The lowest BCUT2D eigenvalue weighted by Gasteiger charge is -2.26. The van der Waals surface area contributed by atoms with E-state index < -0.39 is 0 Å². The van der Waals surface area contributed by atoms with E-state index in [1.807, 2.05) is 0 Å². The normalized spacial score (nSPS) is 17.7. The van der Waals surface area contributed by atoms with Gasteiger partial charge in [-0.1, -0.05) is 96.6 Å². The van der Waals surface area contributed by atoms with Crippen LogP contribution in [0.15, 0.2) is 125 Å². The third-order valence-corrected chi connectivity index (χ3v) is 11.4. The number of hydrogen-bond acceptors (Lipinski definition) is 1. The summed E-state index contributed by atoms with van der Waals surface area (Å²) >= 11 is 0. The molecule has 3 aliphatic rings. The summed E-state index contributed by atoms with van der Waals surface area (Å²) in [5.41, 5.74) is 16.7. The van der Waals surface area contributed by atoms with Crippen LogP contribution in [-0.2, 0) is 19.3 Å². The molecule has 1 atom stereocenters. The van der Waals surface area contributed by atoms with Gasteiger partial charge in [-0.05, 0) is 121 Å². The van der Waals surface area contributed by atoms with Crippen LogP contribution in [0.4, 0.5) is 0 Å². The average Bonchev–Trinajstić information content (AvgIpc) is 3.63. The summed E-state index contributed by atoms with van der Waals surface area (Å²) in [7, 11) is 0. The second-order valence-electron chi connectivity index (χ2n) is 14.2. The first-order chi connectivity index (χ1) is 23.8. The van der Waals surface area contributed by atoms with Crippen LogP contribution < -0.4 is 0 Å². The number of aromatic nitrogens is 1. The molecule has 10 rings (SSSR count). The Morgan fingerprint density at radius 1 is 0.625 bits per heavy atom. The minimum Gasteiger partial charge on any atom is -0.460 e. The molecular formula is C46H39NO. The Hall–Kier alpha value is -5.08. The van der Waals surface area contributed by atoms with Crippen LogP contribution in [0.25, 0.3) is 61.2 Å². The third-order valence-electron chi connectivity index (χ3n) is 11.4. The first-order valence-electron chi connectivity index (χ1n) is 17.9. The minimum atomic E-state index is 0.641. The maximum absolute atomic E-state index is 6.28. The van der Waals surface area contributed by atoms with Crippen LogP contribution in [0.1, 0.15) is 66.5 Å². The molecule has 3 aliphatic carbocycles. The lowest BCUT2D eigenvalue weighted by molar-refractivity contribution is 0.523. The van der Waals surface area contributed by atoms with Crippen LogP contribution in [-0.4, -0.2) is 4.57 Å². The van der Waals surface area contributed by atoms with Crippen LogP contribution in [0, 0.1) is 5.92 Å². The largest absolute Gasteiger partial charge is 0.460 e. The van der Waals surface area contributed by atoms with Crippen molar-refractivity contribution in [2.45, 2.75) is 57.8 Å². The quantitative estimate of drug-likeness (QED) is 0.191. The fourth-order valence-corrected chi connectivity index (χ4v) is 9.15. The van der Waals surface area contributed by atoms with Gasteiger partial charge in [-0.3, -0.25) is 0 Å². The van der Waals surface area contributed by atoms with Crippen molar-refractivity contribution in [3.05, 3.63) is 149 Å². The monoisotopic (exact) mass is 621 g/mol. The van der Waals surface area contributed by atoms with Crippen molar-refractivity contribution < 1.29 is 4.42 Å². The molecule has 0 aliphatic heterocycles. The number of para-hydroxylation sites is 2. The zero-order valence-electron chi connectivity index (χ0n) is 27.3. The topological polar surface area (TPSA) is 18.1 Å². The molecule has 2 aromatic heterocycles. The van der Waals surface area contributed by atoms with Crippen LogP contribution in [0.5, 0.6) is 0 Å². The SMILES string of the molecule is C1=C(n2c3ccccc3c3ccc(-c4ccc5c(c4)C4=C(CCCC4)C(Cc4ccccc4)CC5)cc32)CCc2oc3ccccc3c21. The standard InChI is InChI=1S/C46H39NO/c1-2-10-30(11-3-1)26-34-21-19-31-18-20-32(27-41(31)37-13-5-4-12-36(34)37)33-22-24-39-38-14-6-8-16-43(38)47(44(39)28-33)35-23-25-46-42(29-35)40-15-7-9-17-45(40)48-46/h1-3,6-11,14-18,20,22,24,27-29,34H,4-5,12-13,19,21,23,25-26H2. The molecule has 0 fully saturated rings. The number of benzene rings is 5. The molecule has 0 saturated heterocycles. The van der Waals surface area contributed by atoms with E-state index in [2.05, 4.69) is 126 Å². The number of fused-ring (bicyclic) bond motifs is 8. The van der Waals surface area contributed by atoms with Gasteiger partial charge in [0.05, 0.1) is 11.0 Å². The molecule has 0 saturated carbocycles. The Bertz CT molecular complexity index is 2430. The summed E-state index contributed by atoms with van der Waals surface area (Å²) in [5.74, 6) is 1.75. The van der Waals surface area contributed by atoms with Crippen molar-refractivity contribution in [1.82, 2.24) is 4.57 Å². The van der Waals surface area contributed by atoms with Crippen molar-refractivity contribution >= 4 is 50.1 Å². The molecule has 48 heavy (non-hydrogen) atoms. The molecule has 0 bridgehead atoms. The van der Waals surface area contributed by atoms with E-state index >= 15 is 0 Å². The Morgan fingerprint density at radius 2 is 1.40 bits per heavy atom. The zero-order valence-corrected chi connectivity index (χ0v) is 27.3. The number of allylic oxidation sites excluding steroid dienone is 3. The molecule has 0 amide bonds. The zero-order chi connectivity index (χ0) is 31.6. The Morgan fingerprint density at radius 3 is 2.33 bits per heavy atom. The third kappa shape index (κ3) is 4.53. The average molecular weight is 622 g/mol. The van der Waals surface area contributed by atoms with E-state index in [1.165, 1.54) is 98.4 Å². The number of furan rings is 1. The summed E-state index contributed by atoms with van der Waals surface area (Å²) in [4.78, 5) is 0. The van der Waals surface area contributed by atoms with Gasteiger partial charge >= 0.3 is 0 Å². The predicted molar refractivity (Wildman–Crippen MR) is 201 cm³/mol. The highest BCUT2D eigenvalue weighted by Crippen LogP contribution is 2.45. The van der Waals surface area contributed by atoms with E-state index in [0.717, 1.165) is 37.0 Å². The first-order valence-corrected chi connectivity index (χ1v) is 17.9. The second kappa shape index (κ2) is 11.3. The fourth-order valence-electron chi connectivity index (χ4n) is 9.15. The lowest BCUT2D eigenvalue weighted by atomic mass is 9.79. The molecule has 7 aromatic rings. The van der Waals surface area contributed by atoms with E-state index in [1.54, 1.807) is 11.1 Å². The number of rotatable bonds is 4. The minimum absolute atomic E-state index is 0.641. The number of aryl methyl sites for hydroxylation is 2. The first kappa shape index (κ1) is 28.0. The van der Waals surface area contributed by atoms with Crippen molar-refractivity contribution in [2.24, 2.45) is 5.92 Å². The van der Waals surface area contributed by atoms with Crippen LogP contribution in [0.2, 0.25) is 0 Å². The van der Waals surface area contributed by atoms with Gasteiger partial charge in [-0.2, -0.15) is 0 Å². The molecule has 1 unspecified atom stereocenters. The number of nitrogens with zero attached hydrogens (tertiary/aromatic N) is 1. The van der Waals surface area contributed by atoms with Crippen molar-refractivity contribution in [2.75, 3.05) is 0 Å². The molecule has 2 nitrogen and oxygen atoms in total. The van der Waals surface area contributed by atoms with Gasteiger partial charge in [-0.15, -0.1) is 0 Å². The Kier molecular flexibility index (Phi) is 6.57. The summed E-state index contributed by atoms with van der Waals surface area (Å²) in [6.07, 6.45) is 12.9. The molecule has 2 heteroatoms. The summed E-state index contributed by atoms with van der Waals surface area (Å²) in [6, 6.07) is 43.1. The van der Waals surface area contributed by atoms with E-state index in [9.17, 15) is 0 Å².